The predicted octanol–water partition coefficient (Wildman–Crippen LogP) is -3.05. The summed E-state index contributed by atoms with van der Waals surface area (Å²) in [5.41, 5.74) is 0. The van der Waals surface area contributed by atoms with E-state index in [0.29, 0.717) is 0 Å². The van der Waals surface area contributed by atoms with E-state index in [9.17, 15) is 0 Å². The van der Waals surface area contributed by atoms with Crippen molar-refractivity contribution in [2.45, 2.75) is 103 Å². The Morgan fingerprint density at radius 1 is 0.222 bits per heavy atom. The molecule has 36 heavy (non-hydrogen) atoms. The minimum atomic E-state index is 0. The molecular weight excluding hydrogens is 496 g/mol. The van der Waals surface area contributed by atoms with Gasteiger partial charge in [0, 0.05) is 8.56 Å². The summed E-state index contributed by atoms with van der Waals surface area (Å²) in [7, 11) is 0. The van der Waals surface area contributed by atoms with Crippen molar-refractivity contribution < 1.29 is 96.2 Å². The van der Waals surface area contributed by atoms with Gasteiger partial charge >= 0.3 is 0 Å². The summed E-state index contributed by atoms with van der Waals surface area (Å²) in [6.07, 6.45) is 0. The van der Waals surface area contributed by atoms with E-state index >= 15 is 0 Å². The first-order chi connectivity index (χ1) is 3.91. The third-order valence-electron chi connectivity index (χ3n) is 0.438. The molecule has 16 heteroatoms. The van der Waals surface area contributed by atoms with E-state index in [4.69, 9.17) is 0 Å². The molecule has 0 aliphatic rings. The van der Waals surface area contributed by atoms with Gasteiger partial charge in [-0.05, 0) is 37.5 Å². The number of hydrogen-bond donors (Lipinski definition) is 0. The number of rotatable bonds is 0. The first-order valence-electron chi connectivity index (χ1n) is 2.25. The summed E-state index contributed by atoms with van der Waals surface area (Å²) in [6, 6.07) is 0. The van der Waals surface area contributed by atoms with Crippen LogP contribution in [0.15, 0.2) is 0 Å². The lowest BCUT2D eigenvalue weighted by atomic mass is 10.5. The zero-order chi connectivity index (χ0) is 6.24. The van der Waals surface area contributed by atoms with Crippen LogP contribution in [0.3, 0.4) is 0 Å². The van der Waals surface area contributed by atoms with Crippen LogP contribution in [0.4, 0.5) is 0 Å². The van der Waals surface area contributed by atoms with Crippen LogP contribution in [0.25, 0.3) is 0 Å². The maximum atomic E-state index is 2.64. The molecule has 0 aliphatic carbocycles. The summed E-state index contributed by atoms with van der Waals surface area (Å²) in [5.74, 6) is 15.5. The Hall–Kier alpha value is -1.96. The highest BCUT2D eigenvalue weighted by Gasteiger charge is 1.48. The second-order valence-corrected chi connectivity index (χ2v) is 1.00. The molecular formula is C20H98O16. The van der Waals surface area contributed by atoms with Crippen LogP contribution in [-0.2, 0) is 0 Å². The standard InChI is InChI=1S/C8H6.12CH4.16H2O.6H2/c1-3-5-7-8-6-4-2;;;;;;;;;;;;;;;;;;;;;;;;;;;;;;;;;;/h1-2H3;12*1H4;16*1H2;6*1H. The minimum absolute atomic E-state index is 0. The largest absolute Gasteiger partial charge is 0.412 e. The first kappa shape index (κ1) is 1460. The topological polar surface area (TPSA) is 504 Å². The predicted molar refractivity (Wildman–Crippen MR) is 186 cm³/mol. The quantitative estimate of drug-likeness (QED) is 0.252. The van der Waals surface area contributed by atoms with Crippen LogP contribution in [0.5, 0.6) is 0 Å². The van der Waals surface area contributed by atoms with Gasteiger partial charge in [-0.1, -0.05) is 101 Å². The minimum Gasteiger partial charge on any atom is -0.412 e. The smallest absolute Gasteiger partial charge is 0 e. The molecule has 0 rings (SSSR count). The zero-order valence-corrected chi connectivity index (χ0v) is 13.0. The lowest BCUT2D eigenvalue weighted by Gasteiger charge is -1.52. The molecule has 0 aromatic heterocycles. The van der Waals surface area contributed by atoms with Crippen molar-refractivity contribution in [1.82, 2.24) is 0 Å². The molecule has 0 saturated heterocycles. The SMILES string of the molecule is C.C.C.C.C.C.C.C.C.C.C.C.CC#CC#CC#CC.O.O.O.O.O.O.O.O.O.O.O.O.O.O.O.O.[HH].[HH].[HH].[HH].[HH].[HH]. The van der Waals surface area contributed by atoms with E-state index in [0.717, 1.165) is 0 Å². The van der Waals surface area contributed by atoms with Crippen molar-refractivity contribution >= 4 is 0 Å². The van der Waals surface area contributed by atoms with E-state index in [1.165, 1.54) is 0 Å². The van der Waals surface area contributed by atoms with Gasteiger partial charge in [0.05, 0.1) is 0 Å². The highest BCUT2D eigenvalue weighted by Crippen LogP contribution is 1.51. The molecule has 0 unspecified atom stereocenters. The Morgan fingerprint density at radius 3 is 0.361 bits per heavy atom. The van der Waals surface area contributed by atoms with E-state index in [2.05, 4.69) is 35.5 Å². The lowest BCUT2D eigenvalue weighted by molar-refractivity contribution is 0.823. The van der Waals surface area contributed by atoms with Crippen molar-refractivity contribution in [3.63, 3.8) is 0 Å². The summed E-state index contributed by atoms with van der Waals surface area (Å²) < 4.78 is 0. The Kier molecular flexibility index (Phi) is 84400. The van der Waals surface area contributed by atoms with Gasteiger partial charge in [0.2, 0.25) is 0 Å². The summed E-state index contributed by atoms with van der Waals surface area (Å²) in [6.45, 7) is 3.49. The molecule has 0 aromatic rings. The molecule has 0 spiro atoms. The van der Waals surface area contributed by atoms with Crippen LogP contribution >= 0.6 is 0 Å². The summed E-state index contributed by atoms with van der Waals surface area (Å²) >= 11 is 0. The van der Waals surface area contributed by atoms with E-state index in [1.54, 1.807) is 13.8 Å². The van der Waals surface area contributed by atoms with Gasteiger partial charge < -0.3 is 87.6 Å². The van der Waals surface area contributed by atoms with Gasteiger partial charge in [0.15, 0.2) is 0 Å². The van der Waals surface area contributed by atoms with Gasteiger partial charge in [-0.15, -0.1) is 0 Å². The molecule has 16 nitrogen and oxygen atoms in total. The van der Waals surface area contributed by atoms with Gasteiger partial charge in [-0.2, -0.15) is 0 Å². The molecule has 0 atom stereocenters. The van der Waals surface area contributed by atoms with E-state index in [-0.39, 0.29) is 185 Å². The van der Waals surface area contributed by atoms with Crippen LogP contribution in [0.1, 0.15) is 112 Å². The maximum Gasteiger partial charge on any atom is 0 e. The second-order valence-electron chi connectivity index (χ2n) is 1.00. The molecule has 0 saturated carbocycles. The summed E-state index contributed by atoms with van der Waals surface area (Å²) in [5, 5.41) is 0. The van der Waals surface area contributed by atoms with Crippen molar-refractivity contribution in [2.75, 3.05) is 0 Å². The second kappa shape index (κ2) is 2080. The van der Waals surface area contributed by atoms with Gasteiger partial charge in [-0.3, -0.25) is 0 Å². The highest BCUT2D eigenvalue weighted by atomic mass is 16.0. The van der Waals surface area contributed by atoms with Crippen molar-refractivity contribution in [3.05, 3.63) is 0 Å². The van der Waals surface area contributed by atoms with Crippen LogP contribution in [-0.4, -0.2) is 87.6 Å². The third kappa shape index (κ3) is 3340. The molecule has 274 valence electrons. The Labute approximate surface area is 235 Å². The van der Waals surface area contributed by atoms with Gasteiger partial charge in [0.25, 0.3) is 0 Å². The fourth-order valence-electron chi connectivity index (χ4n) is 0.188. The van der Waals surface area contributed by atoms with Crippen LogP contribution in [0.2, 0.25) is 0 Å². The fourth-order valence-corrected chi connectivity index (χ4v) is 0.188. The van der Waals surface area contributed by atoms with Crippen molar-refractivity contribution in [2.24, 2.45) is 0 Å². The summed E-state index contributed by atoms with van der Waals surface area (Å²) in [4.78, 5) is 0. The van der Waals surface area contributed by atoms with Crippen LogP contribution < -0.4 is 0 Å². The first-order valence-corrected chi connectivity index (χ1v) is 2.25. The van der Waals surface area contributed by atoms with Gasteiger partial charge in [-0.25, -0.2) is 0 Å². The molecule has 0 fully saturated rings. The molecule has 0 aromatic carbocycles. The van der Waals surface area contributed by atoms with E-state index < -0.39 is 0 Å². The Balaban J connectivity index is -0.000000000437. The third-order valence-corrected chi connectivity index (χ3v) is 0.438. The Morgan fingerprint density at radius 2 is 0.306 bits per heavy atom. The molecule has 0 radical (unpaired) electrons. The normalized spacial score (nSPS) is 0.833. The zero-order valence-electron chi connectivity index (χ0n) is 13.0. The number of hydrogen-bond acceptors (Lipinski definition) is 0. The molecule has 0 amide bonds. The molecule has 32 N–H and O–H groups in total. The fraction of sp³-hybridized carbons (Fsp3) is 0.700. The molecule has 0 aliphatic heterocycles. The lowest BCUT2D eigenvalue weighted by Crippen LogP contribution is -1.48. The molecule has 0 bridgehead atoms. The van der Waals surface area contributed by atoms with Crippen molar-refractivity contribution in [3.8, 4) is 35.5 Å². The van der Waals surface area contributed by atoms with E-state index in [1.807, 2.05) is 0 Å². The van der Waals surface area contributed by atoms with Crippen LogP contribution in [0, 0.1) is 35.5 Å². The average Bonchev–Trinajstić information content (AvgIpc) is 1.81. The van der Waals surface area contributed by atoms with Gasteiger partial charge in [0.1, 0.15) is 0 Å². The monoisotopic (exact) mass is 595 g/mol. The van der Waals surface area contributed by atoms with Crippen molar-refractivity contribution in [1.29, 1.82) is 0 Å². The maximum absolute atomic E-state index is 2.64. The average molecular weight is 595 g/mol. The highest BCUT2D eigenvalue weighted by molar-refractivity contribution is 5.34. The molecule has 0 heterocycles. The Bertz CT molecular complexity index is 250.